The average molecular weight is 373 g/mol. The number of benzene rings is 1. The first-order valence-corrected chi connectivity index (χ1v) is 9.99. The highest BCUT2D eigenvalue weighted by Gasteiger charge is 2.28. The molecule has 1 aromatic rings. The fourth-order valence-corrected chi connectivity index (χ4v) is 4.67. The van der Waals surface area contributed by atoms with Crippen LogP contribution in [0.2, 0.25) is 5.02 Å². The Morgan fingerprint density at radius 1 is 1.04 bits per heavy atom. The van der Waals surface area contributed by atoms with Crippen molar-refractivity contribution < 1.29 is 17.9 Å². The molecule has 0 saturated carbocycles. The highest BCUT2D eigenvalue weighted by atomic mass is 35.5. The molecule has 0 aromatic heterocycles. The second-order valence-corrected chi connectivity index (χ2v) is 8.36. The predicted molar refractivity (Wildman–Crippen MR) is 90.8 cm³/mol. The van der Waals surface area contributed by atoms with E-state index in [0.717, 1.165) is 19.3 Å². The van der Waals surface area contributed by atoms with E-state index in [1.165, 1.54) is 22.5 Å². The number of morpholine rings is 1. The molecule has 2 saturated heterocycles. The summed E-state index contributed by atoms with van der Waals surface area (Å²) in [7, 11) is -3.64. The Kier molecular flexibility index (Phi) is 5.44. The van der Waals surface area contributed by atoms with Crippen LogP contribution in [-0.4, -0.2) is 62.9 Å². The van der Waals surface area contributed by atoms with Gasteiger partial charge in [-0.3, -0.25) is 4.79 Å². The van der Waals surface area contributed by atoms with Crippen LogP contribution in [-0.2, 0) is 14.8 Å². The zero-order chi connectivity index (χ0) is 17.2. The van der Waals surface area contributed by atoms with E-state index in [-0.39, 0.29) is 21.4 Å². The number of nitrogens with zero attached hydrogens (tertiary/aromatic N) is 2. The summed E-state index contributed by atoms with van der Waals surface area (Å²) in [6.45, 7) is 2.78. The van der Waals surface area contributed by atoms with Crippen LogP contribution in [0.15, 0.2) is 23.1 Å². The minimum absolute atomic E-state index is 0.106. The Balaban J connectivity index is 1.89. The maximum Gasteiger partial charge on any atom is 0.255 e. The summed E-state index contributed by atoms with van der Waals surface area (Å²) in [6, 6.07) is 4.36. The molecule has 2 heterocycles. The van der Waals surface area contributed by atoms with Crippen molar-refractivity contribution in [2.45, 2.75) is 24.2 Å². The van der Waals surface area contributed by atoms with E-state index < -0.39 is 10.0 Å². The van der Waals surface area contributed by atoms with E-state index in [4.69, 9.17) is 16.3 Å². The summed E-state index contributed by atoms with van der Waals surface area (Å²) in [6.07, 6.45) is 3.05. The Hall–Kier alpha value is -1.15. The van der Waals surface area contributed by atoms with Crippen molar-refractivity contribution in [3.8, 4) is 0 Å². The molecule has 6 nitrogen and oxygen atoms in total. The lowest BCUT2D eigenvalue weighted by Crippen LogP contribution is -2.40. The Morgan fingerprint density at radius 3 is 2.38 bits per heavy atom. The summed E-state index contributed by atoms with van der Waals surface area (Å²) in [5.74, 6) is -0.196. The van der Waals surface area contributed by atoms with Crippen LogP contribution < -0.4 is 0 Å². The molecule has 24 heavy (non-hydrogen) atoms. The van der Waals surface area contributed by atoms with Gasteiger partial charge in [-0.1, -0.05) is 11.6 Å². The van der Waals surface area contributed by atoms with Gasteiger partial charge in [0, 0.05) is 26.2 Å². The standard InChI is InChI=1S/C16H21ClN2O4S/c17-15-5-4-13(24(21,22)19-8-10-23-11-9-19)12-14(15)16(20)18-6-2-1-3-7-18/h4-5,12H,1-3,6-11H2. The van der Waals surface area contributed by atoms with Gasteiger partial charge in [0.25, 0.3) is 5.91 Å². The van der Waals surface area contributed by atoms with Crippen LogP contribution in [0.25, 0.3) is 0 Å². The first-order chi connectivity index (χ1) is 11.5. The number of likely N-dealkylation sites (tertiary alicyclic amines) is 1. The molecule has 0 atom stereocenters. The van der Waals surface area contributed by atoms with Gasteiger partial charge in [0.1, 0.15) is 0 Å². The summed E-state index contributed by atoms with van der Waals surface area (Å²) in [5, 5.41) is 0.284. The maximum atomic E-state index is 12.8. The third kappa shape index (κ3) is 3.59. The zero-order valence-electron chi connectivity index (χ0n) is 13.4. The highest BCUT2D eigenvalue weighted by molar-refractivity contribution is 7.89. The number of halogens is 1. The molecule has 2 aliphatic heterocycles. The number of hydrogen-bond donors (Lipinski definition) is 0. The number of carbonyl (C=O) groups excluding carboxylic acids is 1. The highest BCUT2D eigenvalue weighted by Crippen LogP contribution is 2.25. The Morgan fingerprint density at radius 2 is 1.71 bits per heavy atom. The van der Waals surface area contributed by atoms with Crippen molar-refractivity contribution in [3.63, 3.8) is 0 Å². The minimum atomic E-state index is -3.64. The predicted octanol–water partition coefficient (Wildman–Crippen LogP) is 1.99. The lowest BCUT2D eigenvalue weighted by Gasteiger charge is -2.28. The number of piperidine rings is 1. The van der Waals surface area contributed by atoms with Gasteiger partial charge in [0.05, 0.1) is 28.7 Å². The number of sulfonamides is 1. The smallest absolute Gasteiger partial charge is 0.255 e. The number of amides is 1. The number of rotatable bonds is 3. The SMILES string of the molecule is O=C(c1cc(S(=O)(=O)N2CCOCC2)ccc1Cl)N1CCCCC1. The molecule has 3 rings (SSSR count). The molecule has 1 amide bonds. The van der Waals surface area contributed by atoms with Gasteiger partial charge in [-0.2, -0.15) is 4.31 Å². The molecule has 2 fully saturated rings. The molecular formula is C16H21ClN2O4S. The second kappa shape index (κ2) is 7.39. The maximum absolute atomic E-state index is 12.8. The van der Waals surface area contributed by atoms with Gasteiger partial charge in [-0.05, 0) is 37.5 Å². The van der Waals surface area contributed by atoms with Crippen LogP contribution in [0.5, 0.6) is 0 Å². The van der Waals surface area contributed by atoms with Crippen LogP contribution in [0.3, 0.4) is 0 Å². The van der Waals surface area contributed by atoms with Crippen molar-refractivity contribution in [2.75, 3.05) is 39.4 Å². The van der Waals surface area contributed by atoms with Gasteiger partial charge in [-0.25, -0.2) is 8.42 Å². The van der Waals surface area contributed by atoms with Crippen molar-refractivity contribution in [1.29, 1.82) is 0 Å². The summed E-state index contributed by atoms with van der Waals surface area (Å²) in [5.41, 5.74) is 0.257. The number of carbonyl (C=O) groups is 1. The van der Waals surface area contributed by atoms with Crippen LogP contribution in [0.1, 0.15) is 29.6 Å². The van der Waals surface area contributed by atoms with E-state index in [0.29, 0.717) is 39.4 Å². The molecule has 2 aliphatic rings. The molecular weight excluding hydrogens is 352 g/mol. The third-order valence-electron chi connectivity index (χ3n) is 4.42. The van der Waals surface area contributed by atoms with E-state index in [9.17, 15) is 13.2 Å². The van der Waals surface area contributed by atoms with Crippen LogP contribution >= 0.6 is 11.6 Å². The van der Waals surface area contributed by atoms with Crippen molar-refractivity contribution in [2.24, 2.45) is 0 Å². The molecule has 0 bridgehead atoms. The fraction of sp³-hybridized carbons (Fsp3) is 0.562. The summed E-state index contributed by atoms with van der Waals surface area (Å²) in [4.78, 5) is 14.5. The van der Waals surface area contributed by atoms with Crippen LogP contribution in [0, 0.1) is 0 Å². The fourth-order valence-electron chi connectivity index (χ4n) is 3.03. The molecule has 1 aromatic carbocycles. The zero-order valence-corrected chi connectivity index (χ0v) is 15.0. The van der Waals surface area contributed by atoms with E-state index in [1.54, 1.807) is 4.90 Å². The van der Waals surface area contributed by atoms with E-state index >= 15 is 0 Å². The monoisotopic (exact) mass is 372 g/mol. The van der Waals surface area contributed by atoms with E-state index in [2.05, 4.69) is 0 Å². The lowest BCUT2D eigenvalue weighted by atomic mass is 10.1. The molecule has 0 aliphatic carbocycles. The molecule has 0 N–H and O–H groups in total. The third-order valence-corrected chi connectivity index (χ3v) is 6.64. The van der Waals surface area contributed by atoms with Crippen molar-refractivity contribution >= 4 is 27.5 Å². The molecule has 0 radical (unpaired) electrons. The van der Waals surface area contributed by atoms with Gasteiger partial charge >= 0.3 is 0 Å². The topological polar surface area (TPSA) is 66.9 Å². The van der Waals surface area contributed by atoms with Crippen LogP contribution in [0.4, 0.5) is 0 Å². The second-order valence-electron chi connectivity index (χ2n) is 6.01. The minimum Gasteiger partial charge on any atom is -0.379 e. The summed E-state index contributed by atoms with van der Waals surface area (Å²) >= 11 is 6.17. The van der Waals surface area contributed by atoms with Gasteiger partial charge in [0.15, 0.2) is 0 Å². The number of ether oxygens (including phenoxy) is 1. The first kappa shape index (κ1) is 17.7. The largest absolute Gasteiger partial charge is 0.379 e. The molecule has 0 spiro atoms. The Bertz CT molecular complexity index is 711. The molecule has 0 unspecified atom stereocenters. The average Bonchev–Trinajstić information content (AvgIpc) is 2.63. The van der Waals surface area contributed by atoms with Crippen molar-refractivity contribution in [1.82, 2.24) is 9.21 Å². The molecule has 8 heteroatoms. The molecule has 132 valence electrons. The summed E-state index contributed by atoms with van der Waals surface area (Å²) < 4.78 is 32.1. The normalized spacial score (nSPS) is 20.1. The Labute approximate surface area is 147 Å². The van der Waals surface area contributed by atoms with Gasteiger partial charge in [0.2, 0.25) is 10.0 Å². The van der Waals surface area contributed by atoms with E-state index in [1.807, 2.05) is 0 Å². The quantitative estimate of drug-likeness (QED) is 0.813. The van der Waals surface area contributed by atoms with Gasteiger partial charge < -0.3 is 9.64 Å². The van der Waals surface area contributed by atoms with Crippen molar-refractivity contribution in [3.05, 3.63) is 28.8 Å². The number of hydrogen-bond acceptors (Lipinski definition) is 4. The lowest BCUT2D eigenvalue weighted by molar-refractivity contribution is 0.0721. The first-order valence-electron chi connectivity index (χ1n) is 8.17. The van der Waals surface area contributed by atoms with Gasteiger partial charge in [-0.15, -0.1) is 0 Å².